The predicted molar refractivity (Wildman–Crippen MR) is 335 cm³/mol. The van der Waals surface area contributed by atoms with Crippen LogP contribution in [0, 0.1) is 0 Å². The highest BCUT2D eigenvalue weighted by molar-refractivity contribution is 7.14. The molecule has 4 N–H and O–H groups in total. The number of hydrogen-bond acceptors (Lipinski definition) is 20. The standard InChI is InChI=1S/C32H45N5O6S2.C25H33N7O3S2.2CH4/c1-20-11-12-21(37(20)30(42)43-31(2,3)4)16-27(41)35-32(5,6)26(40)17-22(38)13-14-28-33-24(19-44-28)29-34-23(18-45-29)25(39)10-9-15-36(7)8;1-14-6-7-16(28-14)21-15(25(2,3)31-23(21)35)10-19(33)27-11-20-29-18(13-36-20)24-30-17(12-37-24)22(34)26-8-9-32(4)5;;/h16,18-20H,9-15,17H2,1-8H3,(H,35,41);12-14H,6-11H2,1-5H3,(H,26,34)(H,27,33)(H,31,35);2*1H4/b21-16-;;;/t20-;14-;;/m00../s1. The smallest absolute Gasteiger partial charge is 0.414 e. The summed E-state index contributed by atoms with van der Waals surface area (Å²) in [6, 6.07) is 0.0749. The van der Waals surface area contributed by atoms with Gasteiger partial charge in [-0.2, -0.15) is 0 Å². The van der Waals surface area contributed by atoms with Crippen LogP contribution < -0.4 is 21.3 Å². The van der Waals surface area contributed by atoms with E-state index in [-0.39, 0.29) is 82.0 Å². The van der Waals surface area contributed by atoms with E-state index >= 15 is 0 Å². The fraction of sp³-hybridized carbons (Fsp3) is 0.576. The Hall–Kier alpha value is -6.25. The summed E-state index contributed by atoms with van der Waals surface area (Å²) in [7, 11) is 7.84. The summed E-state index contributed by atoms with van der Waals surface area (Å²) in [6.07, 6.45) is 5.20. The maximum atomic E-state index is 13.0. The summed E-state index contributed by atoms with van der Waals surface area (Å²) >= 11 is 5.55. The number of likely N-dealkylation sites (N-methyl/N-ethyl adjacent to an activating group) is 1. The second-order valence-electron chi connectivity index (χ2n) is 23.2. The minimum absolute atomic E-state index is 0. The summed E-state index contributed by atoms with van der Waals surface area (Å²) in [5, 5.41) is 21.5. The molecule has 7 heterocycles. The normalized spacial score (nSPS) is 17.0. The van der Waals surface area contributed by atoms with E-state index in [4.69, 9.17) is 4.74 Å². The SMILES string of the molecule is C.C.C[C@H]1CC/C(=C/C(=O)NC(C)(C)C(=O)CC(=O)CCc2nc(-c3nc(C(=O)CCCN(C)C)cs3)cs2)N1C(=O)OC(C)(C)C.C[C@H]1CCC(C2=C(CC(=O)NCc3nc(-c4nc(C(=O)NCCN(C)C)cs4)cs3)C(C)(C)NC2=O)=N1. The van der Waals surface area contributed by atoms with Crippen LogP contribution in [0.25, 0.3) is 21.4 Å². The number of nitrogens with one attached hydrogen (secondary N) is 4. The fourth-order valence-electron chi connectivity index (χ4n) is 8.95. The molecule has 0 aromatic carbocycles. The van der Waals surface area contributed by atoms with Crippen LogP contribution >= 0.6 is 45.3 Å². The molecule has 84 heavy (non-hydrogen) atoms. The number of aliphatic imine (C=N–C) groups is 1. The minimum atomic E-state index is -1.29. The number of ether oxygens (including phenoxy) is 1. The van der Waals surface area contributed by atoms with Crippen LogP contribution in [-0.2, 0) is 41.7 Å². The average Bonchev–Trinajstić information content (AvgIpc) is 2.13. The maximum Gasteiger partial charge on any atom is 0.414 e. The summed E-state index contributed by atoms with van der Waals surface area (Å²) in [6.45, 7) is 18.6. The van der Waals surface area contributed by atoms with E-state index in [1.807, 2.05) is 76.4 Å². The number of hydrogen-bond donors (Lipinski definition) is 4. The molecule has 7 rings (SSSR count). The van der Waals surface area contributed by atoms with Gasteiger partial charge < -0.3 is 35.8 Å². The number of Topliss-reactive ketones (excluding diaryl/α,β-unsaturated/α-hetero) is 3. The minimum Gasteiger partial charge on any atom is -0.443 e. The molecule has 5 amide bonds. The lowest BCUT2D eigenvalue weighted by Crippen LogP contribution is -2.50. The van der Waals surface area contributed by atoms with E-state index in [1.165, 1.54) is 56.3 Å². The fourth-order valence-corrected chi connectivity index (χ4v) is 12.1. The second-order valence-corrected chi connectivity index (χ2v) is 26.8. The van der Waals surface area contributed by atoms with Crippen LogP contribution in [0.3, 0.4) is 0 Å². The number of amides is 5. The third-order valence-electron chi connectivity index (χ3n) is 13.4. The largest absolute Gasteiger partial charge is 0.443 e. The van der Waals surface area contributed by atoms with E-state index in [0.29, 0.717) is 76.3 Å². The molecule has 0 saturated carbocycles. The Morgan fingerprint density at radius 2 is 1.42 bits per heavy atom. The first-order chi connectivity index (χ1) is 38.5. The van der Waals surface area contributed by atoms with Gasteiger partial charge in [-0.25, -0.2) is 24.7 Å². The third-order valence-corrected chi connectivity index (χ3v) is 16.9. The Kier molecular flexibility index (Phi) is 25.7. The first-order valence-corrected chi connectivity index (χ1v) is 30.9. The molecule has 3 aliphatic rings. The number of likely N-dealkylation sites (tertiary alicyclic amines) is 1. The number of rotatable bonds is 24. The Morgan fingerprint density at radius 1 is 0.798 bits per heavy atom. The van der Waals surface area contributed by atoms with Crippen molar-refractivity contribution in [2.75, 3.05) is 47.8 Å². The van der Waals surface area contributed by atoms with E-state index in [9.17, 15) is 38.4 Å². The first kappa shape index (κ1) is 70.2. The van der Waals surface area contributed by atoms with Crippen LogP contribution in [-0.4, -0.2) is 164 Å². The number of aryl methyl sites for hydroxylation is 1. The number of carbonyl (C=O) groups excluding carboxylic acids is 8. The van der Waals surface area contributed by atoms with E-state index in [2.05, 4.69) is 46.2 Å². The van der Waals surface area contributed by atoms with Crippen molar-refractivity contribution < 1.29 is 43.1 Å². The zero-order valence-electron chi connectivity index (χ0n) is 49.3. The van der Waals surface area contributed by atoms with Crippen molar-refractivity contribution in [2.24, 2.45) is 4.99 Å². The van der Waals surface area contributed by atoms with Gasteiger partial charge in [-0.15, -0.1) is 45.3 Å². The summed E-state index contributed by atoms with van der Waals surface area (Å²) in [5.41, 5.74) is 2.28. The van der Waals surface area contributed by atoms with Crippen molar-refractivity contribution in [1.29, 1.82) is 0 Å². The zero-order valence-corrected chi connectivity index (χ0v) is 52.6. The number of carbonyl (C=O) groups is 8. The molecule has 21 nitrogen and oxygen atoms in total. The van der Waals surface area contributed by atoms with Gasteiger partial charge in [-0.05, 0) is 135 Å². The summed E-state index contributed by atoms with van der Waals surface area (Å²) in [5.74, 6) is -1.70. The van der Waals surface area contributed by atoms with Gasteiger partial charge in [-0.1, -0.05) is 14.9 Å². The van der Waals surface area contributed by atoms with Crippen molar-refractivity contribution >= 4 is 98.1 Å². The van der Waals surface area contributed by atoms with E-state index in [0.717, 1.165) is 53.7 Å². The Bertz CT molecular complexity index is 3100. The second kappa shape index (κ2) is 30.7. The Morgan fingerprint density at radius 3 is 2.04 bits per heavy atom. The van der Waals surface area contributed by atoms with Gasteiger partial charge in [0.2, 0.25) is 11.8 Å². The van der Waals surface area contributed by atoms with Crippen molar-refractivity contribution in [3.05, 3.63) is 65.8 Å². The molecule has 1 saturated heterocycles. The predicted octanol–water partition coefficient (Wildman–Crippen LogP) is 9.11. The van der Waals surface area contributed by atoms with E-state index in [1.54, 1.807) is 45.4 Å². The van der Waals surface area contributed by atoms with E-state index < -0.39 is 34.5 Å². The molecule has 4 aromatic heterocycles. The van der Waals surface area contributed by atoms with Gasteiger partial charge >= 0.3 is 6.09 Å². The zero-order chi connectivity index (χ0) is 60.3. The molecular weight excluding hydrogens is 1150 g/mol. The topological polar surface area (TPSA) is 268 Å². The molecule has 460 valence electrons. The molecule has 3 aliphatic heterocycles. The van der Waals surface area contributed by atoms with Gasteiger partial charge in [0.1, 0.15) is 49.2 Å². The lowest BCUT2D eigenvalue weighted by Gasteiger charge is -2.28. The van der Waals surface area contributed by atoms with Crippen molar-refractivity contribution in [3.63, 3.8) is 0 Å². The van der Waals surface area contributed by atoms with Crippen LogP contribution in [0.2, 0.25) is 0 Å². The summed E-state index contributed by atoms with van der Waals surface area (Å²) in [4.78, 5) is 130. The lowest BCUT2D eigenvalue weighted by atomic mass is 9.89. The van der Waals surface area contributed by atoms with Crippen LogP contribution in [0.1, 0.15) is 166 Å². The molecule has 25 heteroatoms. The quantitative estimate of drug-likeness (QED) is 0.0289. The molecule has 4 aromatic rings. The monoisotopic (exact) mass is 1230 g/mol. The van der Waals surface area contributed by atoms with Gasteiger partial charge in [0.05, 0.1) is 41.0 Å². The number of aromatic nitrogens is 4. The highest BCUT2D eigenvalue weighted by Crippen LogP contribution is 2.34. The van der Waals surface area contributed by atoms with Gasteiger partial charge in [0.15, 0.2) is 11.6 Å². The Labute approximate surface area is 511 Å². The third kappa shape index (κ3) is 20.2. The van der Waals surface area contributed by atoms with Gasteiger partial charge in [0, 0.05) is 83.4 Å². The molecule has 0 radical (unpaired) electrons. The highest BCUT2D eigenvalue weighted by Gasteiger charge is 2.41. The molecule has 0 bridgehead atoms. The Balaban J connectivity index is 0.000000358. The summed E-state index contributed by atoms with van der Waals surface area (Å²) < 4.78 is 5.50. The van der Waals surface area contributed by atoms with Crippen LogP contribution in [0.5, 0.6) is 0 Å². The van der Waals surface area contributed by atoms with Crippen LogP contribution in [0.15, 0.2) is 49.4 Å². The number of thiazole rings is 4. The van der Waals surface area contributed by atoms with Crippen molar-refractivity contribution in [1.82, 2.24) is 55.9 Å². The average molecular weight is 1240 g/mol. The molecule has 2 atom stereocenters. The number of allylic oxidation sites excluding steroid dienone is 1. The number of ketones is 3. The molecule has 0 aliphatic carbocycles. The van der Waals surface area contributed by atoms with Crippen molar-refractivity contribution in [3.8, 4) is 21.4 Å². The number of nitrogens with zero attached hydrogens (tertiary/aromatic N) is 8. The highest BCUT2D eigenvalue weighted by atomic mass is 32.1. The van der Waals surface area contributed by atoms with Crippen molar-refractivity contribution in [2.45, 2.75) is 177 Å². The van der Waals surface area contributed by atoms with Crippen LogP contribution in [0.4, 0.5) is 4.79 Å². The first-order valence-electron chi connectivity index (χ1n) is 27.4. The van der Waals surface area contributed by atoms with Gasteiger partial charge in [-0.3, -0.25) is 43.5 Å². The van der Waals surface area contributed by atoms with Gasteiger partial charge in [0.25, 0.3) is 11.8 Å². The maximum absolute atomic E-state index is 13.0. The molecule has 1 fully saturated rings. The molecule has 0 spiro atoms. The molecule has 0 unspecified atom stereocenters. The lowest BCUT2D eigenvalue weighted by molar-refractivity contribution is -0.133. The molecular formula is C59H86N12O9S4.